The Morgan fingerprint density at radius 2 is 2.20 bits per heavy atom. The maximum absolute atomic E-state index is 11.6. The van der Waals surface area contributed by atoms with Crippen LogP contribution in [-0.4, -0.2) is 12.5 Å². The van der Waals surface area contributed by atoms with Gasteiger partial charge < -0.3 is 5.32 Å². The van der Waals surface area contributed by atoms with Crippen LogP contribution in [0, 0.1) is 5.92 Å². The van der Waals surface area contributed by atoms with Gasteiger partial charge in [0.05, 0.1) is 5.02 Å². The molecule has 0 unspecified atom stereocenters. The van der Waals surface area contributed by atoms with Gasteiger partial charge in [0.15, 0.2) is 0 Å². The summed E-state index contributed by atoms with van der Waals surface area (Å²) in [5, 5.41) is 3.38. The standard InChI is InChI=1S/C11H13BrClNO/c1-7(2)6-14-11(15)8-3-4-9(12)10(13)5-8/h3-5,7H,6H2,1-2H3,(H,14,15). The quantitative estimate of drug-likeness (QED) is 0.907. The van der Waals surface area contributed by atoms with Gasteiger partial charge in [-0.2, -0.15) is 0 Å². The molecule has 0 aromatic heterocycles. The maximum Gasteiger partial charge on any atom is 0.251 e. The highest BCUT2D eigenvalue weighted by atomic mass is 79.9. The molecule has 82 valence electrons. The number of nitrogens with one attached hydrogen (secondary N) is 1. The van der Waals surface area contributed by atoms with Crippen LogP contribution in [0.5, 0.6) is 0 Å². The first-order valence-electron chi connectivity index (χ1n) is 4.74. The van der Waals surface area contributed by atoms with Crippen LogP contribution in [0.4, 0.5) is 0 Å². The average molecular weight is 291 g/mol. The predicted octanol–water partition coefficient (Wildman–Crippen LogP) is 3.49. The Morgan fingerprint density at radius 3 is 2.73 bits per heavy atom. The molecule has 0 saturated heterocycles. The second kappa shape index (κ2) is 5.52. The van der Waals surface area contributed by atoms with Gasteiger partial charge in [0.25, 0.3) is 5.91 Å². The molecule has 2 nitrogen and oxygen atoms in total. The number of halogens is 2. The first kappa shape index (κ1) is 12.5. The minimum Gasteiger partial charge on any atom is -0.352 e. The lowest BCUT2D eigenvalue weighted by molar-refractivity contribution is 0.0949. The van der Waals surface area contributed by atoms with Crippen molar-refractivity contribution in [3.05, 3.63) is 33.3 Å². The fourth-order valence-electron chi connectivity index (χ4n) is 1.04. The van der Waals surface area contributed by atoms with Crippen molar-refractivity contribution in [1.29, 1.82) is 0 Å². The van der Waals surface area contributed by atoms with E-state index in [1.54, 1.807) is 18.2 Å². The third-order valence-corrected chi connectivity index (χ3v) is 3.09. The van der Waals surface area contributed by atoms with E-state index in [-0.39, 0.29) is 5.91 Å². The maximum atomic E-state index is 11.6. The number of carbonyl (C=O) groups excluding carboxylic acids is 1. The minimum absolute atomic E-state index is 0.0851. The zero-order valence-electron chi connectivity index (χ0n) is 8.68. The summed E-state index contributed by atoms with van der Waals surface area (Å²) in [5.41, 5.74) is 0.587. The highest BCUT2D eigenvalue weighted by Gasteiger charge is 2.07. The molecule has 1 aromatic carbocycles. The molecule has 0 aliphatic carbocycles. The van der Waals surface area contributed by atoms with E-state index in [9.17, 15) is 4.79 Å². The Balaban J connectivity index is 2.70. The molecule has 0 bridgehead atoms. The first-order valence-corrected chi connectivity index (χ1v) is 5.91. The number of hydrogen-bond acceptors (Lipinski definition) is 1. The van der Waals surface area contributed by atoms with Crippen LogP contribution in [0.3, 0.4) is 0 Å². The molecule has 0 radical (unpaired) electrons. The van der Waals surface area contributed by atoms with E-state index in [1.165, 1.54) is 0 Å². The third-order valence-electron chi connectivity index (χ3n) is 1.85. The number of carbonyl (C=O) groups is 1. The van der Waals surface area contributed by atoms with Crippen LogP contribution in [0.2, 0.25) is 5.02 Å². The summed E-state index contributed by atoms with van der Waals surface area (Å²) < 4.78 is 0.796. The largest absolute Gasteiger partial charge is 0.352 e. The lowest BCUT2D eigenvalue weighted by Gasteiger charge is -2.08. The van der Waals surface area contributed by atoms with E-state index in [0.29, 0.717) is 23.0 Å². The van der Waals surface area contributed by atoms with Gasteiger partial charge in [-0.05, 0) is 40.0 Å². The molecule has 1 amide bonds. The van der Waals surface area contributed by atoms with Crippen molar-refractivity contribution in [2.45, 2.75) is 13.8 Å². The molecule has 0 heterocycles. The summed E-state index contributed by atoms with van der Waals surface area (Å²) in [6, 6.07) is 5.17. The molecule has 0 saturated carbocycles. The molecule has 1 rings (SSSR count). The zero-order valence-corrected chi connectivity index (χ0v) is 11.0. The zero-order chi connectivity index (χ0) is 11.4. The summed E-state index contributed by atoms with van der Waals surface area (Å²) in [7, 11) is 0. The average Bonchev–Trinajstić information content (AvgIpc) is 2.18. The topological polar surface area (TPSA) is 29.1 Å². The van der Waals surface area contributed by atoms with Crippen molar-refractivity contribution < 1.29 is 4.79 Å². The van der Waals surface area contributed by atoms with E-state index in [0.717, 1.165) is 4.47 Å². The summed E-state index contributed by atoms with van der Waals surface area (Å²) in [6.45, 7) is 4.77. The predicted molar refractivity (Wildman–Crippen MR) is 66.3 cm³/mol. The van der Waals surface area contributed by atoms with Gasteiger partial charge >= 0.3 is 0 Å². The second-order valence-corrected chi connectivity index (χ2v) is 4.99. The number of hydrogen-bond donors (Lipinski definition) is 1. The number of benzene rings is 1. The Hall–Kier alpha value is -0.540. The Kier molecular flexibility index (Phi) is 4.61. The van der Waals surface area contributed by atoms with Crippen LogP contribution in [0.1, 0.15) is 24.2 Å². The van der Waals surface area contributed by atoms with E-state index in [4.69, 9.17) is 11.6 Å². The normalized spacial score (nSPS) is 10.5. The Morgan fingerprint density at radius 1 is 1.53 bits per heavy atom. The lowest BCUT2D eigenvalue weighted by Crippen LogP contribution is -2.27. The molecule has 0 fully saturated rings. The van der Waals surface area contributed by atoms with Gasteiger partial charge in [-0.25, -0.2) is 0 Å². The molecule has 4 heteroatoms. The molecular weight excluding hydrogens is 277 g/mol. The third kappa shape index (κ3) is 3.84. The van der Waals surface area contributed by atoms with Crippen LogP contribution >= 0.6 is 27.5 Å². The fraction of sp³-hybridized carbons (Fsp3) is 0.364. The molecule has 1 aromatic rings. The van der Waals surface area contributed by atoms with Gasteiger partial charge in [0.1, 0.15) is 0 Å². The van der Waals surface area contributed by atoms with Crippen molar-refractivity contribution in [2.75, 3.05) is 6.54 Å². The van der Waals surface area contributed by atoms with Crippen LogP contribution in [0.15, 0.2) is 22.7 Å². The fourth-order valence-corrected chi connectivity index (χ4v) is 1.46. The molecule has 0 aliphatic rings. The SMILES string of the molecule is CC(C)CNC(=O)c1ccc(Br)c(Cl)c1. The van der Waals surface area contributed by atoms with Crippen LogP contribution in [0.25, 0.3) is 0 Å². The van der Waals surface area contributed by atoms with Crippen molar-refractivity contribution in [1.82, 2.24) is 5.32 Å². The van der Waals surface area contributed by atoms with Crippen molar-refractivity contribution in [2.24, 2.45) is 5.92 Å². The summed E-state index contributed by atoms with van der Waals surface area (Å²) in [6.07, 6.45) is 0. The van der Waals surface area contributed by atoms with Gasteiger partial charge in [0, 0.05) is 16.6 Å². The molecule has 0 spiro atoms. The summed E-state index contributed by atoms with van der Waals surface area (Å²) in [5.74, 6) is 0.359. The Labute approximate surface area is 103 Å². The number of amides is 1. The van der Waals surface area contributed by atoms with Gasteiger partial charge in [-0.1, -0.05) is 25.4 Å². The molecule has 1 N–H and O–H groups in total. The lowest BCUT2D eigenvalue weighted by atomic mass is 10.2. The highest BCUT2D eigenvalue weighted by molar-refractivity contribution is 9.10. The van der Waals surface area contributed by atoms with Crippen LogP contribution in [-0.2, 0) is 0 Å². The van der Waals surface area contributed by atoms with Crippen molar-refractivity contribution in [3.8, 4) is 0 Å². The summed E-state index contributed by atoms with van der Waals surface area (Å²) in [4.78, 5) is 11.6. The smallest absolute Gasteiger partial charge is 0.251 e. The Bertz CT molecular complexity index is 366. The minimum atomic E-state index is -0.0851. The van der Waals surface area contributed by atoms with Crippen LogP contribution < -0.4 is 5.32 Å². The van der Waals surface area contributed by atoms with E-state index in [2.05, 4.69) is 35.1 Å². The van der Waals surface area contributed by atoms with Gasteiger partial charge in [-0.15, -0.1) is 0 Å². The number of rotatable bonds is 3. The van der Waals surface area contributed by atoms with E-state index < -0.39 is 0 Å². The molecule has 0 aliphatic heterocycles. The molecular formula is C11H13BrClNO. The van der Waals surface area contributed by atoms with Crippen molar-refractivity contribution in [3.63, 3.8) is 0 Å². The first-order chi connectivity index (χ1) is 7.00. The van der Waals surface area contributed by atoms with Crippen molar-refractivity contribution >= 4 is 33.4 Å². The van der Waals surface area contributed by atoms with Gasteiger partial charge in [0.2, 0.25) is 0 Å². The molecule has 0 atom stereocenters. The second-order valence-electron chi connectivity index (χ2n) is 3.73. The highest BCUT2D eigenvalue weighted by Crippen LogP contribution is 2.23. The van der Waals surface area contributed by atoms with E-state index in [1.807, 2.05) is 0 Å². The molecule has 15 heavy (non-hydrogen) atoms. The summed E-state index contributed by atoms with van der Waals surface area (Å²) >= 11 is 9.17. The van der Waals surface area contributed by atoms with Gasteiger partial charge in [-0.3, -0.25) is 4.79 Å². The monoisotopic (exact) mass is 289 g/mol. The van der Waals surface area contributed by atoms with E-state index >= 15 is 0 Å².